The highest BCUT2D eigenvalue weighted by Crippen LogP contribution is 2.32. The van der Waals surface area contributed by atoms with E-state index in [0.717, 1.165) is 0 Å². The molecule has 0 aliphatic heterocycles. The third-order valence-electron chi connectivity index (χ3n) is 2.60. The highest BCUT2D eigenvalue weighted by atomic mass is 16.6. The van der Waals surface area contributed by atoms with Crippen LogP contribution in [0.2, 0.25) is 0 Å². The lowest BCUT2D eigenvalue weighted by Gasteiger charge is -2.04. The van der Waals surface area contributed by atoms with E-state index in [2.05, 4.69) is 10.1 Å². The Morgan fingerprint density at radius 1 is 1.55 bits per heavy atom. The van der Waals surface area contributed by atoms with E-state index in [0.29, 0.717) is 23.6 Å². The molecular weight excluding hydrogens is 264 g/mol. The van der Waals surface area contributed by atoms with Crippen molar-refractivity contribution in [1.29, 1.82) is 0 Å². The van der Waals surface area contributed by atoms with Crippen LogP contribution in [-0.2, 0) is 6.42 Å². The largest absolute Gasteiger partial charge is 0.496 e. The Hall–Kier alpha value is -2.48. The maximum Gasteiger partial charge on any atom is 0.273 e. The van der Waals surface area contributed by atoms with Crippen molar-refractivity contribution in [2.75, 3.05) is 7.11 Å². The fraction of sp³-hybridized carbons (Fsp3) is 0.333. The summed E-state index contributed by atoms with van der Waals surface area (Å²) in [7, 11) is 1.42. The van der Waals surface area contributed by atoms with Gasteiger partial charge in [-0.2, -0.15) is 4.98 Å². The second kappa shape index (κ2) is 5.66. The van der Waals surface area contributed by atoms with Gasteiger partial charge in [-0.15, -0.1) is 0 Å². The maximum absolute atomic E-state index is 10.7. The van der Waals surface area contributed by atoms with Crippen molar-refractivity contribution >= 4 is 5.69 Å². The van der Waals surface area contributed by atoms with Gasteiger partial charge >= 0.3 is 0 Å². The summed E-state index contributed by atoms with van der Waals surface area (Å²) in [5.74, 6) is 1.03. The number of ether oxygens (including phenoxy) is 1. The molecule has 1 aromatic carbocycles. The minimum absolute atomic E-state index is 0.0686. The van der Waals surface area contributed by atoms with Gasteiger partial charge in [-0.3, -0.25) is 10.1 Å². The van der Waals surface area contributed by atoms with Crippen molar-refractivity contribution in [3.05, 3.63) is 34.1 Å². The smallest absolute Gasteiger partial charge is 0.273 e. The second-order valence-corrected chi connectivity index (χ2v) is 4.34. The highest BCUT2D eigenvalue weighted by molar-refractivity contribution is 5.65. The van der Waals surface area contributed by atoms with E-state index in [4.69, 9.17) is 15.0 Å². The molecule has 0 bridgehead atoms. The molecule has 0 aliphatic rings. The van der Waals surface area contributed by atoms with Gasteiger partial charge < -0.3 is 15.0 Å². The van der Waals surface area contributed by atoms with Gasteiger partial charge in [0.1, 0.15) is 5.75 Å². The van der Waals surface area contributed by atoms with Crippen LogP contribution >= 0.6 is 0 Å². The van der Waals surface area contributed by atoms with Crippen LogP contribution in [0.4, 0.5) is 5.69 Å². The first-order valence-electron chi connectivity index (χ1n) is 5.92. The van der Waals surface area contributed by atoms with Gasteiger partial charge in [0.2, 0.25) is 0 Å². The number of hydrogen-bond donors (Lipinski definition) is 1. The Bertz CT molecular complexity index is 624. The fourth-order valence-corrected chi connectivity index (χ4v) is 1.70. The Morgan fingerprint density at radius 3 is 2.90 bits per heavy atom. The molecule has 0 saturated carbocycles. The van der Waals surface area contributed by atoms with Gasteiger partial charge in [-0.1, -0.05) is 5.16 Å². The summed E-state index contributed by atoms with van der Waals surface area (Å²) in [5.41, 5.74) is 6.09. The minimum Gasteiger partial charge on any atom is -0.496 e. The quantitative estimate of drug-likeness (QED) is 0.651. The molecular formula is C12H14N4O4. The molecule has 1 unspecified atom stereocenters. The average Bonchev–Trinajstić information content (AvgIpc) is 2.85. The predicted octanol–water partition coefficient (Wildman–Crippen LogP) is 1.54. The molecule has 0 fully saturated rings. The number of non-ortho nitro benzene ring substituents is 1. The molecule has 1 aromatic heterocycles. The summed E-state index contributed by atoms with van der Waals surface area (Å²) >= 11 is 0. The summed E-state index contributed by atoms with van der Waals surface area (Å²) in [6.45, 7) is 1.84. The zero-order valence-corrected chi connectivity index (χ0v) is 11.1. The molecule has 0 radical (unpaired) electrons. The first-order chi connectivity index (χ1) is 9.51. The van der Waals surface area contributed by atoms with Gasteiger partial charge in [0.05, 0.1) is 23.7 Å². The Morgan fingerprint density at radius 2 is 2.30 bits per heavy atom. The molecule has 1 atom stereocenters. The minimum atomic E-state index is -0.498. The predicted molar refractivity (Wildman–Crippen MR) is 70.3 cm³/mol. The molecule has 20 heavy (non-hydrogen) atoms. The molecule has 106 valence electrons. The number of aromatic nitrogens is 2. The van der Waals surface area contributed by atoms with E-state index in [-0.39, 0.29) is 17.6 Å². The zero-order valence-electron chi connectivity index (χ0n) is 11.1. The van der Waals surface area contributed by atoms with Gasteiger partial charge in [-0.25, -0.2) is 0 Å². The number of benzene rings is 1. The topological polar surface area (TPSA) is 117 Å². The van der Waals surface area contributed by atoms with E-state index in [1.54, 1.807) is 0 Å². The van der Waals surface area contributed by atoms with Crippen molar-refractivity contribution in [3.8, 4) is 17.2 Å². The normalized spacial score (nSPS) is 12.2. The Labute approximate surface area is 114 Å². The molecule has 2 aromatic rings. The molecule has 2 rings (SSSR count). The number of rotatable bonds is 5. The number of nitro benzene ring substituents is 1. The molecule has 8 heteroatoms. The van der Waals surface area contributed by atoms with Gasteiger partial charge in [0.25, 0.3) is 11.6 Å². The van der Waals surface area contributed by atoms with Crippen LogP contribution in [0.5, 0.6) is 5.75 Å². The lowest BCUT2D eigenvalue weighted by molar-refractivity contribution is -0.384. The third kappa shape index (κ3) is 2.91. The molecule has 0 amide bonds. The Balaban J connectivity index is 2.36. The first kappa shape index (κ1) is 13.9. The molecule has 0 spiro atoms. The molecule has 2 N–H and O–H groups in total. The van der Waals surface area contributed by atoms with E-state index >= 15 is 0 Å². The van der Waals surface area contributed by atoms with Gasteiger partial charge in [-0.05, 0) is 13.0 Å². The van der Waals surface area contributed by atoms with Crippen LogP contribution < -0.4 is 10.5 Å². The van der Waals surface area contributed by atoms with Crippen molar-refractivity contribution in [3.63, 3.8) is 0 Å². The lowest BCUT2D eigenvalue weighted by atomic mass is 10.2. The third-order valence-corrected chi connectivity index (χ3v) is 2.60. The van der Waals surface area contributed by atoms with E-state index in [1.165, 1.54) is 25.3 Å². The van der Waals surface area contributed by atoms with Crippen LogP contribution in [0.1, 0.15) is 12.7 Å². The molecule has 8 nitrogen and oxygen atoms in total. The lowest BCUT2D eigenvalue weighted by Crippen LogP contribution is -2.18. The summed E-state index contributed by atoms with van der Waals surface area (Å²) in [6, 6.07) is 4.09. The fourth-order valence-electron chi connectivity index (χ4n) is 1.70. The molecule has 1 heterocycles. The van der Waals surface area contributed by atoms with Crippen LogP contribution in [0, 0.1) is 10.1 Å². The number of methoxy groups -OCH3 is 1. The van der Waals surface area contributed by atoms with E-state index in [1.807, 2.05) is 6.92 Å². The number of nitro groups is 1. The van der Waals surface area contributed by atoms with Gasteiger partial charge in [0.15, 0.2) is 5.82 Å². The van der Waals surface area contributed by atoms with Crippen LogP contribution in [0.3, 0.4) is 0 Å². The van der Waals surface area contributed by atoms with Crippen molar-refractivity contribution in [1.82, 2.24) is 10.1 Å². The van der Waals surface area contributed by atoms with Crippen molar-refractivity contribution < 1.29 is 14.2 Å². The number of nitrogens with zero attached hydrogens (tertiary/aromatic N) is 3. The van der Waals surface area contributed by atoms with Crippen molar-refractivity contribution in [2.45, 2.75) is 19.4 Å². The summed E-state index contributed by atoms with van der Waals surface area (Å²) in [5, 5.41) is 14.5. The average molecular weight is 278 g/mol. The SMILES string of the molecule is COc1cc([N+](=O)[O-])ccc1-c1nc(CC(C)N)no1. The standard InChI is InChI=1S/C12H14N4O4/c1-7(13)5-11-14-12(20-15-11)9-4-3-8(16(17)18)6-10(9)19-2/h3-4,6-7H,5,13H2,1-2H3. The van der Waals surface area contributed by atoms with Crippen LogP contribution in [0.15, 0.2) is 22.7 Å². The molecule has 0 aliphatic carbocycles. The molecule has 0 saturated heterocycles. The van der Waals surface area contributed by atoms with E-state index < -0.39 is 4.92 Å². The van der Waals surface area contributed by atoms with Gasteiger partial charge in [0, 0.05) is 18.5 Å². The van der Waals surface area contributed by atoms with Crippen molar-refractivity contribution in [2.24, 2.45) is 5.73 Å². The summed E-state index contributed by atoms with van der Waals surface area (Å²) < 4.78 is 10.3. The maximum atomic E-state index is 10.7. The monoisotopic (exact) mass is 278 g/mol. The van der Waals surface area contributed by atoms with Crippen LogP contribution in [-0.4, -0.2) is 28.2 Å². The summed E-state index contributed by atoms with van der Waals surface area (Å²) in [4.78, 5) is 14.4. The highest BCUT2D eigenvalue weighted by Gasteiger charge is 2.17. The summed E-state index contributed by atoms with van der Waals surface area (Å²) in [6.07, 6.45) is 0.485. The van der Waals surface area contributed by atoms with Crippen LogP contribution in [0.25, 0.3) is 11.5 Å². The Kier molecular flexibility index (Phi) is 3.94. The first-order valence-corrected chi connectivity index (χ1v) is 5.92. The number of nitrogens with two attached hydrogens (primary N) is 1. The van der Waals surface area contributed by atoms with E-state index in [9.17, 15) is 10.1 Å². The number of hydrogen-bond acceptors (Lipinski definition) is 7. The zero-order chi connectivity index (χ0) is 14.7. The second-order valence-electron chi connectivity index (χ2n) is 4.34.